The lowest BCUT2D eigenvalue weighted by Gasteiger charge is -2.36. The van der Waals surface area contributed by atoms with Crippen molar-refractivity contribution >= 4 is 5.91 Å². The molecule has 1 N–H and O–H groups in total. The highest BCUT2D eigenvalue weighted by molar-refractivity contribution is 5.76. The molecule has 0 radical (unpaired) electrons. The Morgan fingerprint density at radius 2 is 2.38 bits per heavy atom. The second kappa shape index (κ2) is 4.05. The summed E-state index contributed by atoms with van der Waals surface area (Å²) < 4.78 is 13.6. The summed E-state index contributed by atoms with van der Waals surface area (Å²) in [6, 6.07) is 0. The van der Waals surface area contributed by atoms with Gasteiger partial charge in [-0.3, -0.25) is 4.79 Å². The van der Waals surface area contributed by atoms with Crippen molar-refractivity contribution in [1.82, 2.24) is 4.90 Å². The van der Waals surface area contributed by atoms with Gasteiger partial charge in [0.25, 0.3) is 0 Å². The van der Waals surface area contributed by atoms with Crippen molar-refractivity contribution in [3.63, 3.8) is 0 Å². The molecule has 0 saturated carbocycles. The summed E-state index contributed by atoms with van der Waals surface area (Å²) in [6.07, 6.45) is 1.40. The summed E-state index contributed by atoms with van der Waals surface area (Å²) in [6.45, 7) is 1.95. The van der Waals surface area contributed by atoms with Gasteiger partial charge in [0.1, 0.15) is 0 Å². The SMILES string of the molecule is CCC(=O)N1CCCC(F)(CO)C1. The van der Waals surface area contributed by atoms with Crippen LogP contribution in [-0.2, 0) is 4.79 Å². The summed E-state index contributed by atoms with van der Waals surface area (Å²) in [5, 5.41) is 8.81. The van der Waals surface area contributed by atoms with E-state index < -0.39 is 12.3 Å². The van der Waals surface area contributed by atoms with E-state index in [0.29, 0.717) is 25.8 Å². The van der Waals surface area contributed by atoms with Gasteiger partial charge >= 0.3 is 0 Å². The summed E-state index contributed by atoms with van der Waals surface area (Å²) in [4.78, 5) is 12.7. The number of aliphatic hydroxyl groups is 1. The number of carbonyl (C=O) groups is 1. The van der Waals surface area contributed by atoms with Crippen LogP contribution in [0, 0.1) is 0 Å². The van der Waals surface area contributed by atoms with Gasteiger partial charge in [0, 0.05) is 13.0 Å². The maximum Gasteiger partial charge on any atom is 0.222 e. The van der Waals surface area contributed by atoms with E-state index in [1.54, 1.807) is 6.92 Å². The lowest BCUT2D eigenvalue weighted by molar-refractivity contribution is -0.136. The largest absolute Gasteiger partial charge is 0.393 e. The van der Waals surface area contributed by atoms with Crippen LogP contribution in [0.2, 0.25) is 0 Å². The first kappa shape index (κ1) is 10.4. The van der Waals surface area contributed by atoms with Gasteiger partial charge in [0.15, 0.2) is 5.67 Å². The number of likely N-dealkylation sites (tertiary alicyclic amines) is 1. The zero-order chi connectivity index (χ0) is 9.90. The topological polar surface area (TPSA) is 40.5 Å². The van der Waals surface area contributed by atoms with E-state index in [9.17, 15) is 9.18 Å². The third-order valence-electron chi connectivity index (χ3n) is 2.47. The third-order valence-corrected chi connectivity index (χ3v) is 2.47. The molecule has 1 amide bonds. The lowest BCUT2D eigenvalue weighted by Crippen LogP contribution is -2.49. The Morgan fingerprint density at radius 1 is 1.69 bits per heavy atom. The molecule has 1 unspecified atom stereocenters. The van der Waals surface area contributed by atoms with Gasteiger partial charge in [-0.25, -0.2) is 4.39 Å². The van der Waals surface area contributed by atoms with Gasteiger partial charge in [0.2, 0.25) is 5.91 Å². The van der Waals surface area contributed by atoms with Gasteiger partial charge in [-0.15, -0.1) is 0 Å². The van der Waals surface area contributed by atoms with E-state index in [-0.39, 0.29) is 12.5 Å². The number of nitrogens with zero attached hydrogens (tertiary/aromatic N) is 1. The smallest absolute Gasteiger partial charge is 0.222 e. The van der Waals surface area contributed by atoms with Crippen molar-refractivity contribution in [2.45, 2.75) is 31.9 Å². The van der Waals surface area contributed by atoms with Crippen molar-refractivity contribution in [2.24, 2.45) is 0 Å². The summed E-state index contributed by atoms with van der Waals surface area (Å²) >= 11 is 0. The fraction of sp³-hybridized carbons (Fsp3) is 0.889. The Kier molecular flexibility index (Phi) is 3.25. The highest BCUT2D eigenvalue weighted by Gasteiger charge is 2.36. The molecule has 1 aliphatic heterocycles. The van der Waals surface area contributed by atoms with Gasteiger partial charge < -0.3 is 10.0 Å². The number of aliphatic hydroxyl groups excluding tert-OH is 1. The van der Waals surface area contributed by atoms with E-state index in [0.717, 1.165) is 0 Å². The minimum atomic E-state index is -1.57. The second-order valence-electron chi connectivity index (χ2n) is 3.58. The predicted molar refractivity (Wildman–Crippen MR) is 47.0 cm³/mol. The van der Waals surface area contributed by atoms with E-state index in [4.69, 9.17) is 5.11 Å². The highest BCUT2D eigenvalue weighted by Crippen LogP contribution is 2.24. The van der Waals surface area contributed by atoms with Crippen LogP contribution in [0.25, 0.3) is 0 Å². The maximum absolute atomic E-state index is 13.6. The standard InChI is InChI=1S/C9H16FNO2/c1-2-8(13)11-5-3-4-9(10,6-11)7-12/h12H,2-7H2,1H3. The monoisotopic (exact) mass is 189 g/mol. The molecule has 1 rings (SSSR count). The molecule has 1 saturated heterocycles. The van der Waals surface area contributed by atoms with E-state index in [1.165, 1.54) is 4.90 Å². The first-order valence-corrected chi connectivity index (χ1v) is 4.69. The predicted octanol–water partition coefficient (Wildman–Crippen LogP) is 0.719. The van der Waals surface area contributed by atoms with Crippen LogP contribution in [0.5, 0.6) is 0 Å². The molecule has 0 bridgehead atoms. The minimum Gasteiger partial charge on any atom is -0.393 e. The Balaban J connectivity index is 2.56. The molecule has 0 aromatic heterocycles. The van der Waals surface area contributed by atoms with Crippen LogP contribution in [0.3, 0.4) is 0 Å². The number of rotatable bonds is 2. The molecule has 1 fully saturated rings. The number of hydrogen-bond donors (Lipinski definition) is 1. The Morgan fingerprint density at radius 3 is 2.92 bits per heavy atom. The molecule has 0 aromatic rings. The molecule has 4 heteroatoms. The Hall–Kier alpha value is -0.640. The first-order valence-electron chi connectivity index (χ1n) is 4.69. The number of amides is 1. The molecule has 3 nitrogen and oxygen atoms in total. The lowest BCUT2D eigenvalue weighted by atomic mass is 9.95. The quantitative estimate of drug-likeness (QED) is 0.695. The van der Waals surface area contributed by atoms with Gasteiger partial charge in [-0.2, -0.15) is 0 Å². The molecule has 13 heavy (non-hydrogen) atoms. The number of piperidine rings is 1. The first-order chi connectivity index (χ1) is 6.11. The van der Waals surface area contributed by atoms with Gasteiger partial charge in [-0.05, 0) is 12.8 Å². The van der Waals surface area contributed by atoms with Crippen molar-refractivity contribution in [2.75, 3.05) is 19.7 Å². The van der Waals surface area contributed by atoms with Crippen molar-refractivity contribution in [3.8, 4) is 0 Å². The van der Waals surface area contributed by atoms with E-state index in [2.05, 4.69) is 0 Å². The zero-order valence-electron chi connectivity index (χ0n) is 7.92. The number of hydrogen-bond acceptors (Lipinski definition) is 2. The molecule has 1 aliphatic rings. The minimum absolute atomic E-state index is 0.0322. The average molecular weight is 189 g/mol. The molecular formula is C9H16FNO2. The molecule has 76 valence electrons. The average Bonchev–Trinajstić information content (AvgIpc) is 2.17. The van der Waals surface area contributed by atoms with Crippen molar-refractivity contribution < 1.29 is 14.3 Å². The molecule has 1 heterocycles. The molecule has 1 atom stereocenters. The normalized spacial score (nSPS) is 29.0. The highest BCUT2D eigenvalue weighted by atomic mass is 19.1. The third kappa shape index (κ3) is 2.40. The van der Waals surface area contributed by atoms with Crippen molar-refractivity contribution in [3.05, 3.63) is 0 Å². The van der Waals surface area contributed by atoms with Gasteiger partial charge in [0.05, 0.1) is 13.2 Å². The number of alkyl halides is 1. The Labute approximate surface area is 77.5 Å². The van der Waals surface area contributed by atoms with Crippen LogP contribution < -0.4 is 0 Å². The van der Waals surface area contributed by atoms with Crippen LogP contribution in [0.15, 0.2) is 0 Å². The van der Waals surface area contributed by atoms with Crippen LogP contribution in [0.1, 0.15) is 26.2 Å². The zero-order valence-corrected chi connectivity index (χ0v) is 7.92. The number of carbonyl (C=O) groups excluding carboxylic acids is 1. The Bertz CT molecular complexity index is 198. The summed E-state index contributed by atoms with van der Waals surface area (Å²) in [5.74, 6) is -0.0322. The second-order valence-corrected chi connectivity index (χ2v) is 3.58. The maximum atomic E-state index is 13.6. The van der Waals surface area contributed by atoms with Crippen LogP contribution >= 0.6 is 0 Å². The van der Waals surface area contributed by atoms with Crippen LogP contribution in [-0.4, -0.2) is 41.3 Å². The molecule has 0 spiro atoms. The number of halogens is 1. The fourth-order valence-electron chi connectivity index (χ4n) is 1.65. The summed E-state index contributed by atoms with van der Waals surface area (Å²) in [5.41, 5.74) is -1.57. The van der Waals surface area contributed by atoms with Crippen molar-refractivity contribution in [1.29, 1.82) is 0 Å². The molecule has 0 aromatic carbocycles. The fourth-order valence-corrected chi connectivity index (χ4v) is 1.65. The summed E-state index contributed by atoms with van der Waals surface area (Å²) in [7, 11) is 0. The van der Waals surface area contributed by atoms with E-state index in [1.807, 2.05) is 0 Å². The van der Waals surface area contributed by atoms with E-state index >= 15 is 0 Å². The molecular weight excluding hydrogens is 173 g/mol. The van der Waals surface area contributed by atoms with Crippen LogP contribution in [0.4, 0.5) is 4.39 Å². The van der Waals surface area contributed by atoms with Gasteiger partial charge in [-0.1, -0.05) is 6.92 Å². The molecule has 0 aliphatic carbocycles.